The zero-order chi connectivity index (χ0) is 14.5. The van der Waals surface area contributed by atoms with Crippen LogP contribution in [0.4, 0.5) is 0 Å². The third kappa shape index (κ3) is 2.92. The summed E-state index contributed by atoms with van der Waals surface area (Å²) in [7, 11) is 3.13. The lowest BCUT2D eigenvalue weighted by Crippen LogP contribution is -2.14. The van der Waals surface area contributed by atoms with Crippen molar-refractivity contribution in [3.63, 3.8) is 0 Å². The molecule has 1 unspecified atom stereocenters. The van der Waals surface area contributed by atoms with E-state index >= 15 is 0 Å². The van der Waals surface area contributed by atoms with E-state index in [0.29, 0.717) is 35.2 Å². The van der Waals surface area contributed by atoms with Gasteiger partial charge in [0.25, 0.3) is 0 Å². The van der Waals surface area contributed by atoms with Crippen LogP contribution in [-0.4, -0.2) is 40.7 Å². The van der Waals surface area contributed by atoms with Crippen molar-refractivity contribution in [3.05, 3.63) is 40.9 Å². The average molecular weight is 298 g/mol. The van der Waals surface area contributed by atoms with Gasteiger partial charge in [-0.15, -0.1) is 0 Å². The van der Waals surface area contributed by atoms with Crippen LogP contribution < -0.4 is 4.74 Å². The van der Waals surface area contributed by atoms with Gasteiger partial charge in [0, 0.05) is 18.9 Å². The second-order valence-corrected chi connectivity index (χ2v) is 4.52. The van der Waals surface area contributed by atoms with Crippen molar-refractivity contribution >= 4 is 11.6 Å². The van der Waals surface area contributed by atoms with Gasteiger partial charge in [-0.25, -0.2) is 0 Å². The fraction of sp³-hybridized carbons (Fsp3) is 0.385. The molecule has 1 N–H and O–H groups in total. The maximum Gasteiger partial charge on any atom is 0.143 e. The summed E-state index contributed by atoms with van der Waals surface area (Å²) >= 11 is 6.12. The van der Waals surface area contributed by atoms with E-state index in [2.05, 4.69) is 10.1 Å². The van der Waals surface area contributed by atoms with Gasteiger partial charge < -0.3 is 14.6 Å². The molecule has 2 aromatic heterocycles. The SMILES string of the molecule is COCCn1ncc(Cl)c1C(O)c1ccncc1OC. The minimum absolute atomic E-state index is 0.396. The first kappa shape index (κ1) is 14.8. The van der Waals surface area contributed by atoms with E-state index in [1.807, 2.05) is 0 Å². The molecule has 0 saturated heterocycles. The first-order valence-corrected chi connectivity index (χ1v) is 6.43. The lowest BCUT2D eigenvalue weighted by atomic mass is 10.1. The van der Waals surface area contributed by atoms with Crippen molar-refractivity contribution in [2.45, 2.75) is 12.6 Å². The predicted octanol–water partition coefficient (Wildman–Crippen LogP) is 1.67. The number of hydrogen-bond acceptors (Lipinski definition) is 5. The Morgan fingerprint density at radius 3 is 2.90 bits per heavy atom. The molecule has 2 rings (SSSR count). The maximum atomic E-state index is 10.6. The molecule has 0 amide bonds. The Kier molecular flexibility index (Phi) is 4.94. The minimum atomic E-state index is -0.945. The molecule has 0 aromatic carbocycles. The fourth-order valence-corrected chi connectivity index (χ4v) is 2.18. The summed E-state index contributed by atoms with van der Waals surface area (Å²) in [5, 5.41) is 15.1. The van der Waals surface area contributed by atoms with Gasteiger partial charge in [0.2, 0.25) is 0 Å². The number of aliphatic hydroxyl groups excluding tert-OH is 1. The predicted molar refractivity (Wildman–Crippen MR) is 74.0 cm³/mol. The molecule has 0 radical (unpaired) electrons. The molecule has 0 aliphatic rings. The number of pyridine rings is 1. The third-order valence-electron chi connectivity index (χ3n) is 2.93. The van der Waals surface area contributed by atoms with Crippen LogP contribution in [0.5, 0.6) is 5.75 Å². The molecular formula is C13H16ClN3O3. The summed E-state index contributed by atoms with van der Waals surface area (Å²) in [6.07, 6.45) is 3.69. The number of aliphatic hydroxyl groups is 1. The molecule has 2 heterocycles. The Hall–Kier alpha value is -1.63. The zero-order valence-electron chi connectivity index (χ0n) is 11.3. The second kappa shape index (κ2) is 6.69. The minimum Gasteiger partial charge on any atom is -0.495 e. The molecule has 6 nitrogen and oxygen atoms in total. The van der Waals surface area contributed by atoms with E-state index in [-0.39, 0.29) is 0 Å². The highest BCUT2D eigenvalue weighted by Crippen LogP contribution is 2.32. The number of halogens is 1. The molecule has 2 aromatic rings. The van der Waals surface area contributed by atoms with Gasteiger partial charge in [0.05, 0.1) is 43.4 Å². The van der Waals surface area contributed by atoms with Crippen molar-refractivity contribution < 1.29 is 14.6 Å². The van der Waals surface area contributed by atoms with E-state index in [0.717, 1.165) is 0 Å². The molecule has 0 bridgehead atoms. The van der Waals surface area contributed by atoms with Gasteiger partial charge in [0.15, 0.2) is 0 Å². The Balaban J connectivity index is 2.37. The highest BCUT2D eigenvalue weighted by atomic mass is 35.5. The van der Waals surface area contributed by atoms with Gasteiger partial charge in [-0.3, -0.25) is 9.67 Å². The summed E-state index contributed by atoms with van der Waals surface area (Å²) < 4.78 is 11.8. The van der Waals surface area contributed by atoms with Crippen molar-refractivity contribution in [1.29, 1.82) is 0 Å². The Morgan fingerprint density at radius 1 is 1.40 bits per heavy atom. The summed E-state index contributed by atoms with van der Waals surface area (Å²) in [5.74, 6) is 0.496. The van der Waals surface area contributed by atoms with Crippen LogP contribution in [-0.2, 0) is 11.3 Å². The van der Waals surface area contributed by atoms with Gasteiger partial charge in [-0.2, -0.15) is 5.10 Å². The lowest BCUT2D eigenvalue weighted by molar-refractivity contribution is 0.170. The van der Waals surface area contributed by atoms with Gasteiger partial charge in [0.1, 0.15) is 11.9 Å². The molecule has 0 aliphatic heterocycles. The molecular weight excluding hydrogens is 282 g/mol. The quantitative estimate of drug-likeness (QED) is 0.878. The molecule has 108 valence electrons. The molecule has 7 heteroatoms. The number of ether oxygens (including phenoxy) is 2. The highest BCUT2D eigenvalue weighted by Gasteiger charge is 2.22. The van der Waals surface area contributed by atoms with Gasteiger partial charge in [-0.1, -0.05) is 11.6 Å². The van der Waals surface area contributed by atoms with Crippen molar-refractivity contribution in [3.8, 4) is 5.75 Å². The lowest BCUT2D eigenvalue weighted by Gasteiger charge is -2.16. The van der Waals surface area contributed by atoms with E-state index < -0.39 is 6.10 Å². The van der Waals surface area contributed by atoms with Crippen LogP contribution in [0.15, 0.2) is 24.7 Å². The molecule has 0 fully saturated rings. The zero-order valence-corrected chi connectivity index (χ0v) is 12.0. The summed E-state index contributed by atoms with van der Waals surface area (Å²) in [4.78, 5) is 3.96. The van der Waals surface area contributed by atoms with Crippen molar-refractivity contribution in [2.24, 2.45) is 0 Å². The molecule has 0 spiro atoms. The smallest absolute Gasteiger partial charge is 0.143 e. The highest BCUT2D eigenvalue weighted by molar-refractivity contribution is 6.31. The average Bonchev–Trinajstić information content (AvgIpc) is 2.85. The van der Waals surface area contributed by atoms with E-state index in [4.69, 9.17) is 21.1 Å². The van der Waals surface area contributed by atoms with Gasteiger partial charge >= 0.3 is 0 Å². The fourth-order valence-electron chi connectivity index (χ4n) is 1.93. The molecule has 0 saturated carbocycles. The monoisotopic (exact) mass is 297 g/mol. The van der Waals surface area contributed by atoms with Gasteiger partial charge in [-0.05, 0) is 6.07 Å². The van der Waals surface area contributed by atoms with Crippen molar-refractivity contribution in [1.82, 2.24) is 14.8 Å². The number of methoxy groups -OCH3 is 2. The van der Waals surface area contributed by atoms with E-state index in [1.54, 1.807) is 30.3 Å². The topological polar surface area (TPSA) is 69.4 Å². The number of aromatic nitrogens is 3. The van der Waals surface area contributed by atoms with Crippen LogP contribution in [0.3, 0.4) is 0 Å². The van der Waals surface area contributed by atoms with Crippen molar-refractivity contribution in [2.75, 3.05) is 20.8 Å². The third-order valence-corrected chi connectivity index (χ3v) is 3.22. The van der Waals surface area contributed by atoms with Crippen LogP contribution in [0.2, 0.25) is 5.02 Å². The van der Waals surface area contributed by atoms with Crippen LogP contribution in [0.1, 0.15) is 17.4 Å². The van der Waals surface area contributed by atoms with Crippen LogP contribution in [0, 0.1) is 0 Å². The molecule has 0 aliphatic carbocycles. The first-order valence-electron chi connectivity index (χ1n) is 6.05. The second-order valence-electron chi connectivity index (χ2n) is 4.11. The molecule has 1 atom stereocenters. The van der Waals surface area contributed by atoms with E-state index in [1.165, 1.54) is 13.3 Å². The largest absolute Gasteiger partial charge is 0.495 e. The number of hydrogen-bond donors (Lipinski definition) is 1. The number of nitrogens with zero attached hydrogens (tertiary/aromatic N) is 3. The number of rotatable bonds is 6. The van der Waals surface area contributed by atoms with E-state index in [9.17, 15) is 5.11 Å². The Labute approximate surface area is 121 Å². The normalized spacial score (nSPS) is 12.4. The van der Waals surface area contributed by atoms with Crippen LogP contribution in [0.25, 0.3) is 0 Å². The summed E-state index contributed by atoms with van der Waals surface area (Å²) in [6.45, 7) is 0.980. The Bertz CT molecular complexity index is 574. The molecule has 20 heavy (non-hydrogen) atoms. The maximum absolute atomic E-state index is 10.6. The standard InChI is InChI=1S/C13H16ClN3O3/c1-19-6-5-17-12(10(14)7-16-17)13(18)9-3-4-15-8-11(9)20-2/h3-4,7-8,13,18H,5-6H2,1-2H3. The Morgan fingerprint density at radius 2 is 2.20 bits per heavy atom. The summed E-state index contributed by atoms with van der Waals surface area (Å²) in [6, 6.07) is 1.69. The van der Waals surface area contributed by atoms with Crippen LogP contribution >= 0.6 is 11.6 Å². The first-order chi connectivity index (χ1) is 9.69. The summed E-state index contributed by atoms with van der Waals surface area (Å²) in [5.41, 5.74) is 1.09.